The van der Waals surface area contributed by atoms with Crippen molar-refractivity contribution in [3.63, 3.8) is 0 Å². The van der Waals surface area contributed by atoms with Gasteiger partial charge in [0.25, 0.3) is 0 Å². The molecule has 0 bridgehead atoms. The topological polar surface area (TPSA) is 32.6 Å². The first-order valence-electron chi connectivity index (χ1n) is 6.36. The maximum atomic E-state index is 14.0. The first-order valence-corrected chi connectivity index (χ1v) is 6.36. The van der Waals surface area contributed by atoms with Gasteiger partial charge < -0.3 is 5.21 Å². The number of nitrogens with zero attached hydrogens (tertiary/aromatic N) is 1. The van der Waals surface area contributed by atoms with Crippen molar-refractivity contribution >= 4 is 5.71 Å². The number of oxime groups is 1. The summed E-state index contributed by atoms with van der Waals surface area (Å²) in [5.74, 6) is -0.144. The van der Waals surface area contributed by atoms with Crippen LogP contribution >= 0.6 is 0 Å². The molecule has 1 atom stereocenters. The number of benzene rings is 2. The zero-order chi connectivity index (χ0) is 13.2. The van der Waals surface area contributed by atoms with E-state index in [1.165, 1.54) is 6.07 Å². The zero-order valence-electron chi connectivity index (χ0n) is 10.4. The Labute approximate surface area is 111 Å². The van der Waals surface area contributed by atoms with Gasteiger partial charge in [-0.1, -0.05) is 47.6 Å². The van der Waals surface area contributed by atoms with Gasteiger partial charge in [0.15, 0.2) is 0 Å². The Morgan fingerprint density at radius 1 is 1.00 bits per heavy atom. The Kier molecular flexibility index (Phi) is 3.03. The van der Waals surface area contributed by atoms with Crippen LogP contribution in [0.3, 0.4) is 0 Å². The molecular weight excluding hydrogens is 241 g/mol. The van der Waals surface area contributed by atoms with Crippen LogP contribution in [0.5, 0.6) is 0 Å². The van der Waals surface area contributed by atoms with Gasteiger partial charge in [-0.25, -0.2) is 4.39 Å². The average molecular weight is 255 g/mol. The van der Waals surface area contributed by atoms with Crippen LogP contribution in [0, 0.1) is 5.82 Å². The standard InChI is InChI=1S/C16H14FNO/c17-15-8-4-3-6-13(15)12-9-10-16(18-19)14-7-2-1-5-11(12)14/h1-8,12,19H,9-10H2/b18-16+. The van der Waals surface area contributed by atoms with Crippen LogP contribution in [0.25, 0.3) is 0 Å². The fourth-order valence-electron chi connectivity index (χ4n) is 2.82. The van der Waals surface area contributed by atoms with Crippen molar-refractivity contribution in [1.29, 1.82) is 0 Å². The van der Waals surface area contributed by atoms with E-state index >= 15 is 0 Å². The van der Waals surface area contributed by atoms with E-state index in [-0.39, 0.29) is 11.7 Å². The molecule has 1 aliphatic rings. The van der Waals surface area contributed by atoms with Gasteiger partial charge in [0.05, 0.1) is 5.71 Å². The SMILES string of the molecule is O/N=C1\CCC(c2ccccc2F)c2ccccc21. The van der Waals surface area contributed by atoms with Crippen molar-refractivity contribution in [2.45, 2.75) is 18.8 Å². The fraction of sp³-hybridized carbons (Fsp3) is 0.188. The highest BCUT2D eigenvalue weighted by Crippen LogP contribution is 2.37. The van der Waals surface area contributed by atoms with Crippen molar-refractivity contribution in [2.75, 3.05) is 0 Å². The molecule has 19 heavy (non-hydrogen) atoms. The lowest BCUT2D eigenvalue weighted by molar-refractivity contribution is 0.317. The highest BCUT2D eigenvalue weighted by atomic mass is 19.1. The Balaban J connectivity index is 2.13. The fourth-order valence-corrected chi connectivity index (χ4v) is 2.82. The minimum absolute atomic E-state index is 0.0305. The van der Waals surface area contributed by atoms with Gasteiger partial charge in [-0.2, -0.15) is 0 Å². The zero-order valence-corrected chi connectivity index (χ0v) is 10.4. The number of fused-ring (bicyclic) bond motifs is 1. The van der Waals surface area contributed by atoms with E-state index in [1.54, 1.807) is 6.07 Å². The van der Waals surface area contributed by atoms with Gasteiger partial charge in [0, 0.05) is 11.5 Å². The molecule has 0 fully saturated rings. The first kappa shape index (κ1) is 11.9. The molecule has 0 heterocycles. The summed E-state index contributed by atoms with van der Waals surface area (Å²) in [6.07, 6.45) is 1.42. The number of halogens is 1. The molecule has 0 saturated heterocycles. The summed E-state index contributed by atoms with van der Waals surface area (Å²) in [6, 6.07) is 14.6. The molecule has 96 valence electrons. The first-order chi connectivity index (χ1) is 9.31. The molecule has 0 aromatic heterocycles. The lowest BCUT2D eigenvalue weighted by atomic mass is 9.78. The molecule has 2 aromatic carbocycles. The Morgan fingerprint density at radius 2 is 1.68 bits per heavy atom. The number of hydrogen-bond acceptors (Lipinski definition) is 2. The van der Waals surface area contributed by atoms with Gasteiger partial charge in [-0.05, 0) is 30.0 Å². The second kappa shape index (κ2) is 4.84. The van der Waals surface area contributed by atoms with Crippen LogP contribution in [-0.4, -0.2) is 10.9 Å². The molecule has 1 N–H and O–H groups in total. The van der Waals surface area contributed by atoms with Gasteiger partial charge in [-0.3, -0.25) is 0 Å². The van der Waals surface area contributed by atoms with Crippen LogP contribution in [-0.2, 0) is 0 Å². The lowest BCUT2D eigenvalue weighted by Gasteiger charge is -2.26. The molecule has 0 aliphatic heterocycles. The second-order valence-electron chi connectivity index (χ2n) is 4.75. The van der Waals surface area contributed by atoms with E-state index in [0.29, 0.717) is 17.7 Å². The highest BCUT2D eigenvalue weighted by molar-refractivity contribution is 6.02. The predicted octanol–water partition coefficient (Wildman–Crippen LogP) is 3.93. The van der Waals surface area contributed by atoms with E-state index in [4.69, 9.17) is 5.21 Å². The van der Waals surface area contributed by atoms with E-state index in [0.717, 1.165) is 17.5 Å². The van der Waals surface area contributed by atoms with Crippen molar-refractivity contribution in [3.05, 3.63) is 71.0 Å². The van der Waals surface area contributed by atoms with Gasteiger partial charge in [-0.15, -0.1) is 0 Å². The molecule has 2 nitrogen and oxygen atoms in total. The van der Waals surface area contributed by atoms with Crippen LogP contribution in [0.4, 0.5) is 4.39 Å². The summed E-state index contributed by atoms with van der Waals surface area (Å²) < 4.78 is 14.0. The quantitative estimate of drug-likeness (QED) is 0.607. The summed E-state index contributed by atoms with van der Waals surface area (Å²) >= 11 is 0. The third-order valence-corrected chi connectivity index (χ3v) is 3.72. The number of rotatable bonds is 1. The Morgan fingerprint density at radius 3 is 2.42 bits per heavy atom. The minimum Gasteiger partial charge on any atom is -0.411 e. The number of hydrogen-bond donors (Lipinski definition) is 1. The van der Waals surface area contributed by atoms with Crippen LogP contribution in [0.2, 0.25) is 0 Å². The molecule has 3 rings (SSSR count). The van der Waals surface area contributed by atoms with Gasteiger partial charge in [0.1, 0.15) is 5.82 Å². The lowest BCUT2D eigenvalue weighted by Crippen LogP contribution is -2.18. The molecule has 1 unspecified atom stereocenters. The van der Waals surface area contributed by atoms with Crippen LogP contribution in [0.15, 0.2) is 53.7 Å². The maximum absolute atomic E-state index is 14.0. The van der Waals surface area contributed by atoms with E-state index in [9.17, 15) is 4.39 Å². The third kappa shape index (κ3) is 2.01. The molecular formula is C16H14FNO. The predicted molar refractivity (Wildman–Crippen MR) is 72.2 cm³/mol. The maximum Gasteiger partial charge on any atom is 0.127 e. The normalized spacial score (nSPS) is 20.3. The molecule has 0 amide bonds. The van der Waals surface area contributed by atoms with Crippen molar-refractivity contribution < 1.29 is 9.60 Å². The van der Waals surface area contributed by atoms with Gasteiger partial charge in [0.2, 0.25) is 0 Å². The summed E-state index contributed by atoms with van der Waals surface area (Å²) in [4.78, 5) is 0. The van der Waals surface area contributed by atoms with Gasteiger partial charge >= 0.3 is 0 Å². The Hall–Kier alpha value is -2.16. The third-order valence-electron chi connectivity index (χ3n) is 3.72. The molecule has 3 heteroatoms. The van der Waals surface area contributed by atoms with E-state index in [1.807, 2.05) is 36.4 Å². The summed E-state index contributed by atoms with van der Waals surface area (Å²) in [7, 11) is 0. The van der Waals surface area contributed by atoms with Crippen LogP contribution < -0.4 is 0 Å². The highest BCUT2D eigenvalue weighted by Gasteiger charge is 2.27. The summed E-state index contributed by atoms with van der Waals surface area (Å²) in [5, 5.41) is 12.4. The van der Waals surface area contributed by atoms with E-state index < -0.39 is 0 Å². The summed E-state index contributed by atoms with van der Waals surface area (Å²) in [5.41, 5.74) is 3.35. The van der Waals surface area contributed by atoms with Crippen molar-refractivity contribution in [1.82, 2.24) is 0 Å². The van der Waals surface area contributed by atoms with Crippen molar-refractivity contribution in [2.24, 2.45) is 5.16 Å². The largest absolute Gasteiger partial charge is 0.411 e. The second-order valence-corrected chi connectivity index (χ2v) is 4.75. The average Bonchev–Trinajstić information content (AvgIpc) is 2.47. The monoisotopic (exact) mass is 255 g/mol. The Bertz CT molecular complexity index is 636. The summed E-state index contributed by atoms with van der Waals surface area (Å²) in [6.45, 7) is 0. The molecule has 0 saturated carbocycles. The van der Waals surface area contributed by atoms with Crippen molar-refractivity contribution in [3.8, 4) is 0 Å². The van der Waals surface area contributed by atoms with Crippen LogP contribution in [0.1, 0.15) is 35.4 Å². The van der Waals surface area contributed by atoms with E-state index in [2.05, 4.69) is 5.16 Å². The minimum atomic E-state index is -0.174. The molecule has 2 aromatic rings. The smallest absolute Gasteiger partial charge is 0.127 e. The molecule has 1 aliphatic carbocycles. The molecule has 0 spiro atoms. The molecule has 0 radical (unpaired) electrons.